The van der Waals surface area contributed by atoms with Crippen molar-refractivity contribution in [2.24, 2.45) is 28.1 Å². The molecule has 0 nitrogen and oxygen atoms in total. The molecule has 17 heavy (non-hydrogen) atoms. The lowest BCUT2D eigenvalue weighted by Gasteiger charge is -2.61. The molecule has 0 bridgehead atoms. The number of fused-ring (bicyclic) bond motifs is 1. The van der Waals surface area contributed by atoms with Gasteiger partial charge in [-0.2, -0.15) is 0 Å². The molecule has 2 unspecified atom stereocenters. The van der Waals surface area contributed by atoms with E-state index in [1.807, 2.05) is 0 Å². The molecule has 0 saturated heterocycles. The fourth-order valence-corrected chi connectivity index (χ4v) is 5.85. The fourth-order valence-electron chi connectivity index (χ4n) is 5.85. The second-order valence-corrected chi connectivity index (χ2v) is 8.66. The Morgan fingerprint density at radius 1 is 0.765 bits per heavy atom. The molecule has 2 aliphatic rings. The first-order valence-corrected chi connectivity index (χ1v) is 7.70. The highest BCUT2D eigenvalue weighted by Gasteiger charge is 2.58. The standard InChI is InChI=1S/C17H32/c1-15(2,3)17(16(4,5)6)12-8-10-13-9-7-11-14(13)17/h13-14H,7-12H2,1-6H3. The average molecular weight is 236 g/mol. The van der Waals surface area contributed by atoms with Crippen LogP contribution < -0.4 is 0 Å². The first-order chi connectivity index (χ1) is 7.70. The molecular weight excluding hydrogens is 204 g/mol. The van der Waals surface area contributed by atoms with E-state index in [9.17, 15) is 0 Å². The van der Waals surface area contributed by atoms with Crippen LogP contribution in [0.4, 0.5) is 0 Å². The summed E-state index contributed by atoms with van der Waals surface area (Å²) < 4.78 is 0. The molecule has 2 atom stereocenters. The van der Waals surface area contributed by atoms with E-state index in [-0.39, 0.29) is 0 Å². The van der Waals surface area contributed by atoms with Crippen molar-refractivity contribution >= 4 is 0 Å². The van der Waals surface area contributed by atoms with Gasteiger partial charge in [-0.25, -0.2) is 0 Å². The molecule has 2 saturated carbocycles. The summed E-state index contributed by atoms with van der Waals surface area (Å²) in [5, 5.41) is 0. The van der Waals surface area contributed by atoms with Gasteiger partial charge in [0.25, 0.3) is 0 Å². The Balaban J connectivity index is 2.46. The van der Waals surface area contributed by atoms with Gasteiger partial charge in [0.05, 0.1) is 0 Å². The largest absolute Gasteiger partial charge is 0.0596 e. The van der Waals surface area contributed by atoms with Crippen LogP contribution in [0.3, 0.4) is 0 Å². The van der Waals surface area contributed by atoms with Gasteiger partial charge in [-0.1, -0.05) is 67.2 Å². The van der Waals surface area contributed by atoms with Gasteiger partial charge >= 0.3 is 0 Å². The third-order valence-electron chi connectivity index (χ3n) is 6.11. The van der Waals surface area contributed by atoms with Crippen molar-refractivity contribution in [1.82, 2.24) is 0 Å². The molecular formula is C17H32. The van der Waals surface area contributed by atoms with Crippen LogP contribution in [0.2, 0.25) is 0 Å². The summed E-state index contributed by atoms with van der Waals surface area (Å²) in [7, 11) is 0. The van der Waals surface area contributed by atoms with Gasteiger partial charge in [0, 0.05) is 0 Å². The lowest BCUT2D eigenvalue weighted by molar-refractivity contribution is -0.125. The normalized spacial score (nSPS) is 33.5. The second kappa shape index (κ2) is 4.00. The Bertz CT molecular complexity index is 259. The summed E-state index contributed by atoms with van der Waals surface area (Å²) in [5.41, 5.74) is 1.44. The summed E-state index contributed by atoms with van der Waals surface area (Å²) in [6.45, 7) is 15.0. The molecule has 2 aliphatic carbocycles. The molecule has 100 valence electrons. The van der Waals surface area contributed by atoms with Crippen molar-refractivity contribution in [2.75, 3.05) is 0 Å². The molecule has 0 aromatic rings. The third kappa shape index (κ3) is 1.87. The van der Waals surface area contributed by atoms with E-state index < -0.39 is 0 Å². The fraction of sp³-hybridized carbons (Fsp3) is 1.00. The molecule has 0 aromatic heterocycles. The summed E-state index contributed by atoms with van der Waals surface area (Å²) in [6, 6.07) is 0. The lowest BCUT2D eigenvalue weighted by atomic mass is 9.43. The summed E-state index contributed by atoms with van der Waals surface area (Å²) in [4.78, 5) is 0. The van der Waals surface area contributed by atoms with Crippen LogP contribution in [0.1, 0.15) is 80.1 Å². The Hall–Kier alpha value is 0. The van der Waals surface area contributed by atoms with Gasteiger partial charge in [0.2, 0.25) is 0 Å². The van der Waals surface area contributed by atoms with Crippen molar-refractivity contribution in [3.05, 3.63) is 0 Å². The van der Waals surface area contributed by atoms with Gasteiger partial charge in [-0.15, -0.1) is 0 Å². The maximum Gasteiger partial charge on any atom is -0.0169 e. The van der Waals surface area contributed by atoms with Crippen molar-refractivity contribution < 1.29 is 0 Å². The summed E-state index contributed by atoms with van der Waals surface area (Å²) in [5.74, 6) is 2.04. The van der Waals surface area contributed by atoms with E-state index >= 15 is 0 Å². The van der Waals surface area contributed by atoms with E-state index in [4.69, 9.17) is 0 Å². The highest BCUT2D eigenvalue weighted by molar-refractivity contribution is 5.07. The molecule has 0 N–H and O–H groups in total. The first kappa shape index (κ1) is 13.4. The maximum atomic E-state index is 2.50. The molecule has 0 aliphatic heterocycles. The lowest BCUT2D eigenvalue weighted by Crippen LogP contribution is -2.54. The zero-order valence-corrected chi connectivity index (χ0v) is 12.9. The minimum Gasteiger partial charge on any atom is -0.0596 e. The van der Waals surface area contributed by atoms with E-state index in [1.165, 1.54) is 38.5 Å². The molecule has 0 aromatic carbocycles. The first-order valence-electron chi connectivity index (χ1n) is 7.70. The Morgan fingerprint density at radius 2 is 1.29 bits per heavy atom. The molecule has 2 fully saturated rings. The van der Waals surface area contributed by atoms with Gasteiger partial charge in [0.1, 0.15) is 0 Å². The quantitative estimate of drug-likeness (QED) is 0.508. The highest BCUT2D eigenvalue weighted by Crippen LogP contribution is 2.66. The minimum atomic E-state index is 0.443. The van der Waals surface area contributed by atoms with E-state index in [2.05, 4.69) is 41.5 Å². The SMILES string of the molecule is CC(C)(C)C1(C(C)(C)C)CCCC2CCCC21. The number of rotatable bonds is 0. The van der Waals surface area contributed by atoms with Crippen LogP contribution in [0.25, 0.3) is 0 Å². The Kier molecular flexibility index (Phi) is 3.16. The predicted molar refractivity (Wildman–Crippen MR) is 76.0 cm³/mol. The van der Waals surface area contributed by atoms with E-state index in [0.717, 1.165) is 11.8 Å². The molecule has 0 amide bonds. The highest BCUT2D eigenvalue weighted by atomic mass is 14.6. The molecule has 0 radical (unpaired) electrons. The maximum absolute atomic E-state index is 2.50. The predicted octanol–water partition coefficient (Wildman–Crippen LogP) is 5.67. The molecule has 0 heteroatoms. The van der Waals surface area contributed by atoms with Gasteiger partial charge in [-0.05, 0) is 40.9 Å². The van der Waals surface area contributed by atoms with Crippen molar-refractivity contribution in [3.8, 4) is 0 Å². The van der Waals surface area contributed by atoms with Crippen LogP contribution in [0.15, 0.2) is 0 Å². The zero-order valence-electron chi connectivity index (χ0n) is 12.9. The van der Waals surface area contributed by atoms with Crippen LogP contribution in [-0.4, -0.2) is 0 Å². The van der Waals surface area contributed by atoms with Crippen LogP contribution >= 0.6 is 0 Å². The van der Waals surface area contributed by atoms with Crippen LogP contribution in [0, 0.1) is 28.1 Å². The molecule has 0 heterocycles. The Labute approximate surface area is 109 Å². The van der Waals surface area contributed by atoms with E-state index in [1.54, 1.807) is 0 Å². The molecule has 0 spiro atoms. The summed E-state index contributed by atoms with van der Waals surface area (Å²) >= 11 is 0. The monoisotopic (exact) mass is 236 g/mol. The minimum absolute atomic E-state index is 0.443. The Morgan fingerprint density at radius 3 is 1.82 bits per heavy atom. The molecule has 2 rings (SSSR count). The summed E-state index contributed by atoms with van der Waals surface area (Å²) in [6.07, 6.45) is 8.94. The van der Waals surface area contributed by atoms with E-state index in [0.29, 0.717) is 16.2 Å². The van der Waals surface area contributed by atoms with Crippen molar-refractivity contribution in [1.29, 1.82) is 0 Å². The van der Waals surface area contributed by atoms with Gasteiger partial charge in [-0.3, -0.25) is 0 Å². The van der Waals surface area contributed by atoms with Gasteiger partial charge < -0.3 is 0 Å². The van der Waals surface area contributed by atoms with Crippen molar-refractivity contribution in [3.63, 3.8) is 0 Å². The van der Waals surface area contributed by atoms with Crippen LogP contribution in [-0.2, 0) is 0 Å². The second-order valence-electron chi connectivity index (χ2n) is 8.66. The topological polar surface area (TPSA) is 0 Å². The van der Waals surface area contributed by atoms with Crippen molar-refractivity contribution in [2.45, 2.75) is 80.1 Å². The smallest absolute Gasteiger partial charge is 0.0169 e. The van der Waals surface area contributed by atoms with Gasteiger partial charge in [0.15, 0.2) is 0 Å². The number of hydrogen-bond acceptors (Lipinski definition) is 0. The third-order valence-corrected chi connectivity index (χ3v) is 6.11. The van der Waals surface area contributed by atoms with Crippen LogP contribution in [0.5, 0.6) is 0 Å². The average Bonchev–Trinajstić information content (AvgIpc) is 2.60. The number of hydrogen-bond donors (Lipinski definition) is 0. The zero-order chi connectivity index (χ0) is 12.9.